The van der Waals surface area contributed by atoms with Crippen LogP contribution in [0.2, 0.25) is 0 Å². The number of ether oxygens (including phenoxy) is 1. The predicted molar refractivity (Wildman–Crippen MR) is 112 cm³/mol. The van der Waals surface area contributed by atoms with Crippen molar-refractivity contribution in [3.05, 3.63) is 39.6 Å². The Morgan fingerprint density at radius 1 is 1.31 bits per heavy atom. The van der Waals surface area contributed by atoms with Crippen LogP contribution in [0.25, 0.3) is 0 Å². The van der Waals surface area contributed by atoms with E-state index in [4.69, 9.17) is 4.74 Å². The molecule has 0 saturated heterocycles. The number of aryl methyl sites for hydroxylation is 1. The second-order valence-electron chi connectivity index (χ2n) is 6.60. The number of anilines is 1. The van der Waals surface area contributed by atoms with E-state index in [1.807, 2.05) is 0 Å². The molecule has 0 radical (unpaired) electrons. The maximum Gasteiger partial charge on any atom is 0.269 e. The molecule has 5 nitrogen and oxygen atoms in total. The molecule has 0 atom stereocenters. The molecule has 0 unspecified atom stereocenters. The molecule has 1 heterocycles. The van der Waals surface area contributed by atoms with Gasteiger partial charge in [0.2, 0.25) is 0 Å². The van der Waals surface area contributed by atoms with Gasteiger partial charge < -0.3 is 4.74 Å². The number of benzene rings is 1. The van der Waals surface area contributed by atoms with Crippen LogP contribution in [0.1, 0.15) is 5.56 Å². The maximum atomic E-state index is 14.4. The average molecular weight is 485 g/mol. The van der Waals surface area contributed by atoms with Crippen molar-refractivity contribution in [1.29, 1.82) is 0 Å². The second kappa shape index (κ2) is 8.55. The largest absolute Gasteiger partial charge is 0.359 e. The summed E-state index contributed by atoms with van der Waals surface area (Å²) in [5.74, 6) is 0.0453. The van der Waals surface area contributed by atoms with Crippen LogP contribution in [-0.2, 0) is 14.8 Å². The smallest absolute Gasteiger partial charge is 0.269 e. The highest BCUT2D eigenvalue weighted by Crippen LogP contribution is 2.34. The van der Waals surface area contributed by atoms with Gasteiger partial charge in [-0.25, -0.2) is 27.1 Å². The quantitative estimate of drug-likeness (QED) is 0.415. The lowest BCUT2D eigenvalue weighted by molar-refractivity contribution is 0.159. The first-order chi connectivity index (χ1) is 12.0. The van der Waals surface area contributed by atoms with Crippen molar-refractivity contribution in [2.45, 2.75) is 11.8 Å². The third kappa shape index (κ3) is 5.41. The number of halogens is 2. The third-order valence-corrected chi connectivity index (χ3v) is 8.12. The predicted octanol–water partition coefficient (Wildman–Crippen LogP) is 4.22. The Kier molecular flexibility index (Phi) is 7.11. The highest BCUT2D eigenvalue weighted by molar-refractivity contribution is 9.10. The average Bonchev–Trinajstić information content (AvgIpc) is 3.03. The summed E-state index contributed by atoms with van der Waals surface area (Å²) in [5.41, 5.74) is 0.990. The first-order valence-electron chi connectivity index (χ1n) is 7.64. The van der Waals surface area contributed by atoms with Gasteiger partial charge >= 0.3 is 0 Å². The topological polar surface area (TPSA) is 59.5 Å². The van der Waals surface area contributed by atoms with Crippen LogP contribution in [0, 0.1) is 12.7 Å². The molecule has 1 aromatic heterocycles. The molecular formula is C16H22BrFN2O3S3. The van der Waals surface area contributed by atoms with E-state index < -0.39 is 25.9 Å². The van der Waals surface area contributed by atoms with Crippen molar-refractivity contribution < 1.29 is 17.5 Å². The van der Waals surface area contributed by atoms with Gasteiger partial charge in [-0.2, -0.15) is 4.37 Å². The highest BCUT2D eigenvalue weighted by atomic mass is 79.9. The summed E-state index contributed by atoms with van der Waals surface area (Å²) in [7, 11) is -4.87. The van der Waals surface area contributed by atoms with E-state index >= 15 is 0 Å². The molecular weight excluding hydrogens is 463 g/mol. The van der Waals surface area contributed by atoms with Crippen LogP contribution < -0.4 is 4.31 Å². The molecule has 2 rings (SSSR count). The van der Waals surface area contributed by atoms with E-state index in [9.17, 15) is 12.8 Å². The number of hydrogen-bond acceptors (Lipinski definition) is 5. The third-order valence-electron chi connectivity index (χ3n) is 3.54. The molecule has 0 bridgehead atoms. The number of nitrogens with zero attached hydrogens (tertiary/aromatic N) is 2. The van der Waals surface area contributed by atoms with Crippen LogP contribution in [0.4, 0.5) is 10.1 Å². The molecule has 1 aromatic carbocycles. The molecule has 0 N–H and O–H groups in total. The maximum absolute atomic E-state index is 14.4. The van der Waals surface area contributed by atoms with Crippen LogP contribution in [0.15, 0.2) is 33.1 Å². The first-order valence-corrected chi connectivity index (χ1v) is 13.7. The van der Waals surface area contributed by atoms with Gasteiger partial charge in [-0.15, -0.1) is 0 Å². The Balaban J connectivity index is 2.31. The van der Waals surface area contributed by atoms with E-state index in [0.717, 1.165) is 27.7 Å². The van der Waals surface area contributed by atoms with Crippen molar-refractivity contribution in [3.8, 4) is 0 Å². The summed E-state index contributed by atoms with van der Waals surface area (Å²) in [6.07, 6.45) is 7.92. The van der Waals surface area contributed by atoms with Crippen LogP contribution in [0.5, 0.6) is 0 Å². The Hall–Kier alpha value is -0.680. The van der Waals surface area contributed by atoms with Crippen molar-refractivity contribution in [2.24, 2.45) is 0 Å². The van der Waals surface area contributed by atoms with Crippen LogP contribution in [-0.4, -0.2) is 50.6 Å². The van der Waals surface area contributed by atoms with E-state index in [2.05, 4.69) is 39.1 Å². The van der Waals surface area contributed by atoms with Gasteiger partial charge in [-0.3, -0.25) is 0 Å². The monoisotopic (exact) mass is 484 g/mol. The number of rotatable bonds is 8. The van der Waals surface area contributed by atoms with Crippen molar-refractivity contribution in [2.75, 3.05) is 42.2 Å². The van der Waals surface area contributed by atoms with Crippen molar-refractivity contribution in [3.63, 3.8) is 0 Å². The molecule has 0 aliphatic rings. The Morgan fingerprint density at radius 2 is 2.00 bits per heavy atom. The summed E-state index contributed by atoms with van der Waals surface area (Å²) < 4.78 is 51.7. The fraction of sp³-hybridized carbons (Fsp3) is 0.438. The SMILES string of the molecule is Cc1cc(S(=O)(=O)N(COCCS(C)(C)C)c2cnsc2)c(F)cc1Br. The zero-order chi connectivity index (χ0) is 19.5. The first kappa shape index (κ1) is 21.6. The van der Waals surface area contributed by atoms with E-state index in [-0.39, 0.29) is 11.6 Å². The zero-order valence-electron chi connectivity index (χ0n) is 15.0. The van der Waals surface area contributed by atoms with Crippen LogP contribution in [0.3, 0.4) is 0 Å². The number of hydrogen-bond donors (Lipinski definition) is 0. The fourth-order valence-corrected chi connectivity index (χ4v) is 4.99. The molecule has 0 fully saturated rings. The van der Waals surface area contributed by atoms with Gasteiger partial charge in [0, 0.05) is 15.6 Å². The minimum Gasteiger partial charge on any atom is -0.359 e. The number of aromatic nitrogens is 1. The summed E-state index contributed by atoms with van der Waals surface area (Å²) in [4.78, 5) is -0.380. The van der Waals surface area contributed by atoms with Crippen molar-refractivity contribution >= 4 is 53.2 Å². The van der Waals surface area contributed by atoms with Gasteiger partial charge in [0.05, 0.1) is 18.5 Å². The minimum absolute atomic E-state index is 0.190. The lowest BCUT2D eigenvalue weighted by atomic mass is 10.2. The minimum atomic E-state index is -4.12. The summed E-state index contributed by atoms with van der Waals surface area (Å²) in [6.45, 7) is 1.96. The van der Waals surface area contributed by atoms with Gasteiger partial charge in [-0.1, -0.05) is 15.9 Å². The summed E-state index contributed by atoms with van der Waals surface area (Å²) >= 11 is 4.34. The normalized spacial score (nSPS) is 13.0. The summed E-state index contributed by atoms with van der Waals surface area (Å²) in [5, 5.41) is 1.60. The summed E-state index contributed by atoms with van der Waals surface area (Å²) in [6, 6.07) is 2.48. The molecule has 2 aromatic rings. The molecule has 0 saturated carbocycles. The molecule has 10 heteroatoms. The Morgan fingerprint density at radius 3 is 2.58 bits per heavy atom. The Labute approximate surface area is 168 Å². The molecule has 26 heavy (non-hydrogen) atoms. The lowest BCUT2D eigenvalue weighted by Gasteiger charge is -2.27. The Bertz CT molecular complexity index is 852. The number of sulfonamides is 1. The van der Waals surface area contributed by atoms with E-state index in [1.54, 1.807) is 12.3 Å². The van der Waals surface area contributed by atoms with Gasteiger partial charge in [-0.05, 0) is 54.9 Å². The lowest BCUT2D eigenvalue weighted by Crippen LogP contribution is -2.34. The zero-order valence-corrected chi connectivity index (χ0v) is 19.1. The molecule has 0 amide bonds. The molecule has 0 spiro atoms. The molecule has 146 valence electrons. The second-order valence-corrected chi connectivity index (χ2v) is 14.5. The van der Waals surface area contributed by atoms with E-state index in [1.165, 1.54) is 12.3 Å². The van der Waals surface area contributed by atoms with Crippen LogP contribution >= 0.6 is 37.5 Å². The molecule has 0 aliphatic carbocycles. The van der Waals surface area contributed by atoms with Crippen molar-refractivity contribution in [1.82, 2.24) is 4.37 Å². The molecule has 0 aliphatic heterocycles. The van der Waals surface area contributed by atoms with E-state index in [0.29, 0.717) is 22.3 Å². The fourth-order valence-electron chi connectivity index (χ4n) is 2.01. The van der Waals surface area contributed by atoms with Gasteiger partial charge in [0.25, 0.3) is 10.0 Å². The van der Waals surface area contributed by atoms with Gasteiger partial charge in [0.15, 0.2) is 0 Å². The standard InChI is InChI=1S/C16H22BrFN2O3S3/c1-12-7-16(15(18)8-14(12)17)26(21,22)20(13-9-19-24-10-13)11-23-5-6-25(2,3)4/h7-10H,5-6,11H2,1-4H3. The highest BCUT2D eigenvalue weighted by Gasteiger charge is 2.29. The van der Waals surface area contributed by atoms with Gasteiger partial charge in [0.1, 0.15) is 17.4 Å².